The number of hydrogen-bond acceptors (Lipinski definition) is 0. The zero-order chi connectivity index (χ0) is 46.2. The lowest BCUT2D eigenvalue weighted by molar-refractivity contribution is 0.660. The van der Waals surface area contributed by atoms with Gasteiger partial charge in [0.25, 0.3) is 0 Å². The Morgan fingerprint density at radius 1 is 0.358 bits per heavy atom. The van der Waals surface area contributed by atoms with Crippen molar-refractivity contribution in [3.05, 3.63) is 216 Å². The van der Waals surface area contributed by atoms with E-state index in [1.54, 1.807) is 0 Å². The molecular formula is C65H58N2. The van der Waals surface area contributed by atoms with Crippen molar-refractivity contribution in [2.75, 3.05) is 0 Å². The third kappa shape index (κ3) is 6.37. The van der Waals surface area contributed by atoms with Crippen molar-refractivity contribution in [2.45, 2.75) is 72.6 Å². The topological polar surface area (TPSA) is 9.86 Å². The molecule has 328 valence electrons. The Kier molecular flexibility index (Phi) is 10.2. The summed E-state index contributed by atoms with van der Waals surface area (Å²) in [6, 6.07) is 64.0. The Hall–Kier alpha value is -7.42. The maximum atomic E-state index is 2.48. The lowest BCUT2D eigenvalue weighted by Crippen LogP contribution is -2.15. The fraction of sp³-hybridized carbons (Fsp3) is 0.169. The molecule has 0 spiro atoms. The van der Waals surface area contributed by atoms with E-state index in [0.29, 0.717) is 0 Å². The van der Waals surface area contributed by atoms with Crippen LogP contribution in [0.4, 0.5) is 0 Å². The van der Waals surface area contributed by atoms with Crippen molar-refractivity contribution in [1.29, 1.82) is 0 Å². The summed E-state index contributed by atoms with van der Waals surface area (Å²) in [6.45, 7) is 17.5. The summed E-state index contributed by atoms with van der Waals surface area (Å²) in [6.07, 6.45) is 10.2. The average Bonchev–Trinajstić information content (AvgIpc) is 3.94. The number of aromatic nitrogens is 2. The predicted octanol–water partition coefficient (Wildman–Crippen LogP) is 18.2. The zero-order valence-corrected chi connectivity index (χ0v) is 40.1. The standard InChI is InChI=1S/C61H46N2.2C2H6/c1-60(2)52-20-13-11-17-44(52)46-28-23-41(36-54(46)60)40-26-32-59-51(35-40)50-34-39(25-31-58(50)62(59)42-15-7-5-8-16-42)38-24-30-57-49(33-38)48-19-9-6-10-22-56(48)63(57)43-27-29-47-45-18-12-14-21-53(45)61(3,4)55(47)37-43;2*1-2/h5,7-37H,6H2,1-4H3;2*1-2H3. The minimum Gasteiger partial charge on any atom is -0.309 e. The summed E-state index contributed by atoms with van der Waals surface area (Å²) in [4.78, 5) is 0. The van der Waals surface area contributed by atoms with Crippen molar-refractivity contribution in [1.82, 2.24) is 9.13 Å². The molecule has 0 aliphatic heterocycles. The van der Waals surface area contributed by atoms with E-state index in [-0.39, 0.29) is 10.8 Å². The molecule has 2 aromatic heterocycles. The number of hydrogen-bond donors (Lipinski definition) is 0. The van der Waals surface area contributed by atoms with Crippen LogP contribution in [0.5, 0.6) is 0 Å². The highest BCUT2D eigenvalue weighted by atomic mass is 15.0. The summed E-state index contributed by atoms with van der Waals surface area (Å²) in [5.41, 5.74) is 24.3. The Morgan fingerprint density at radius 2 is 0.806 bits per heavy atom. The first kappa shape index (κ1) is 42.2. The maximum Gasteiger partial charge on any atom is 0.0541 e. The smallest absolute Gasteiger partial charge is 0.0541 e. The van der Waals surface area contributed by atoms with Gasteiger partial charge in [0.15, 0.2) is 0 Å². The van der Waals surface area contributed by atoms with Gasteiger partial charge in [-0.25, -0.2) is 0 Å². The number of fused-ring (bicyclic) bond motifs is 12. The maximum absolute atomic E-state index is 2.48. The second-order valence-corrected chi connectivity index (χ2v) is 18.9. The Morgan fingerprint density at radius 3 is 1.40 bits per heavy atom. The van der Waals surface area contributed by atoms with Crippen molar-refractivity contribution < 1.29 is 0 Å². The first-order valence-electron chi connectivity index (χ1n) is 24.4. The lowest BCUT2D eigenvalue weighted by atomic mass is 9.81. The summed E-state index contributed by atoms with van der Waals surface area (Å²) in [5, 5.41) is 3.78. The molecule has 0 unspecified atom stereocenters. The molecule has 0 N–H and O–H groups in total. The molecule has 67 heavy (non-hydrogen) atoms. The number of benzene rings is 8. The molecule has 2 nitrogen and oxygen atoms in total. The van der Waals surface area contributed by atoms with Gasteiger partial charge in [0, 0.05) is 43.9 Å². The minimum absolute atomic E-state index is 0.0541. The zero-order valence-electron chi connectivity index (χ0n) is 40.1. The van der Waals surface area contributed by atoms with E-state index in [1.165, 1.54) is 122 Å². The number of nitrogens with zero attached hydrogens (tertiary/aromatic N) is 2. The van der Waals surface area contributed by atoms with E-state index in [1.807, 2.05) is 27.7 Å². The molecule has 2 heterocycles. The molecule has 0 bridgehead atoms. The molecule has 8 aromatic carbocycles. The summed E-state index contributed by atoms with van der Waals surface area (Å²) in [7, 11) is 0. The van der Waals surface area contributed by atoms with Crippen LogP contribution in [0.15, 0.2) is 182 Å². The van der Waals surface area contributed by atoms with Gasteiger partial charge in [0.1, 0.15) is 0 Å². The van der Waals surface area contributed by atoms with Crippen LogP contribution in [0.1, 0.15) is 95.3 Å². The molecular weight excluding hydrogens is 809 g/mol. The normalized spacial score (nSPS) is 14.3. The van der Waals surface area contributed by atoms with Gasteiger partial charge in [-0.05, 0) is 146 Å². The monoisotopic (exact) mass is 866 g/mol. The third-order valence-electron chi connectivity index (χ3n) is 14.7. The second kappa shape index (κ2) is 16.2. The third-order valence-corrected chi connectivity index (χ3v) is 14.7. The summed E-state index contributed by atoms with van der Waals surface area (Å²) < 4.78 is 4.91. The number of para-hydroxylation sites is 1. The fourth-order valence-corrected chi connectivity index (χ4v) is 11.5. The van der Waals surface area contributed by atoms with Gasteiger partial charge in [-0.3, -0.25) is 0 Å². The molecule has 0 radical (unpaired) electrons. The molecule has 0 saturated heterocycles. The molecule has 0 fully saturated rings. The van der Waals surface area contributed by atoms with Gasteiger partial charge in [-0.2, -0.15) is 0 Å². The number of allylic oxidation sites excluding steroid dienone is 2. The largest absolute Gasteiger partial charge is 0.309 e. The molecule has 3 aliphatic rings. The highest BCUT2D eigenvalue weighted by Gasteiger charge is 2.37. The van der Waals surface area contributed by atoms with Gasteiger partial charge in [-0.15, -0.1) is 0 Å². The van der Waals surface area contributed by atoms with E-state index < -0.39 is 0 Å². The van der Waals surface area contributed by atoms with Gasteiger partial charge in [0.2, 0.25) is 0 Å². The molecule has 3 aliphatic carbocycles. The van der Waals surface area contributed by atoms with Crippen molar-refractivity contribution in [2.24, 2.45) is 0 Å². The Labute approximate surface area is 396 Å². The Balaban J connectivity index is 0.00000121. The SMILES string of the molecule is CC.CC.CC1(C)c2ccccc2-c2ccc(-c3ccc4c(c3)c3cc(-c5ccc6c(c5)c5c(n6-c6ccc7c(c6)C(C)(C)c6ccccc6-7)C=CCC=C5)ccc3n4-c3ccccc3)cc21. The van der Waals surface area contributed by atoms with Crippen LogP contribution in [0, 0.1) is 0 Å². The van der Waals surface area contributed by atoms with E-state index in [2.05, 4.69) is 231 Å². The number of rotatable bonds is 4. The predicted molar refractivity (Wildman–Crippen MR) is 289 cm³/mol. The second-order valence-electron chi connectivity index (χ2n) is 18.9. The van der Waals surface area contributed by atoms with Crippen LogP contribution >= 0.6 is 0 Å². The quantitative estimate of drug-likeness (QED) is 0.167. The average molecular weight is 867 g/mol. The van der Waals surface area contributed by atoms with E-state index in [9.17, 15) is 0 Å². The van der Waals surface area contributed by atoms with Gasteiger partial charge < -0.3 is 9.13 Å². The van der Waals surface area contributed by atoms with Gasteiger partial charge >= 0.3 is 0 Å². The van der Waals surface area contributed by atoms with E-state index >= 15 is 0 Å². The molecule has 2 heteroatoms. The first-order valence-corrected chi connectivity index (χ1v) is 24.4. The van der Waals surface area contributed by atoms with Crippen LogP contribution in [-0.2, 0) is 10.8 Å². The van der Waals surface area contributed by atoms with Crippen molar-refractivity contribution >= 4 is 44.9 Å². The fourth-order valence-electron chi connectivity index (χ4n) is 11.5. The van der Waals surface area contributed by atoms with Gasteiger partial charge in [0.05, 0.1) is 22.2 Å². The highest BCUT2D eigenvalue weighted by molar-refractivity contribution is 6.12. The summed E-state index contributed by atoms with van der Waals surface area (Å²) >= 11 is 0. The first-order chi connectivity index (χ1) is 32.8. The molecule has 10 aromatic rings. The molecule has 13 rings (SSSR count). The van der Waals surface area contributed by atoms with E-state index in [4.69, 9.17) is 0 Å². The van der Waals surface area contributed by atoms with Crippen LogP contribution in [-0.4, -0.2) is 9.13 Å². The minimum atomic E-state index is -0.0710. The van der Waals surface area contributed by atoms with Crippen LogP contribution < -0.4 is 0 Å². The van der Waals surface area contributed by atoms with E-state index in [0.717, 1.165) is 6.42 Å². The summed E-state index contributed by atoms with van der Waals surface area (Å²) in [5.74, 6) is 0. The Bertz CT molecular complexity index is 3640. The molecule has 0 saturated carbocycles. The molecule has 0 atom stereocenters. The van der Waals surface area contributed by atoms with Crippen LogP contribution in [0.3, 0.4) is 0 Å². The van der Waals surface area contributed by atoms with Crippen molar-refractivity contribution in [3.8, 4) is 55.9 Å². The van der Waals surface area contributed by atoms with Crippen LogP contribution in [0.25, 0.3) is 101 Å². The van der Waals surface area contributed by atoms with Crippen LogP contribution in [0.2, 0.25) is 0 Å². The molecule has 0 amide bonds. The lowest BCUT2D eigenvalue weighted by Gasteiger charge is -2.22. The highest BCUT2D eigenvalue weighted by Crippen LogP contribution is 2.51. The van der Waals surface area contributed by atoms with Crippen molar-refractivity contribution in [3.63, 3.8) is 0 Å². The van der Waals surface area contributed by atoms with Gasteiger partial charge in [-0.1, -0.05) is 177 Å².